The lowest BCUT2D eigenvalue weighted by molar-refractivity contribution is -0.151. The fourth-order valence-electron chi connectivity index (χ4n) is 2.83. The van der Waals surface area contributed by atoms with Crippen LogP contribution in [-0.4, -0.2) is 36.5 Å². The number of benzene rings is 1. The van der Waals surface area contributed by atoms with Gasteiger partial charge in [-0.25, -0.2) is 4.79 Å². The third kappa shape index (κ3) is 3.82. The lowest BCUT2D eigenvalue weighted by Crippen LogP contribution is -2.45. The first kappa shape index (κ1) is 15.5. The van der Waals surface area contributed by atoms with E-state index in [1.54, 1.807) is 6.92 Å². The van der Waals surface area contributed by atoms with Crippen LogP contribution in [-0.2, 0) is 14.3 Å². The van der Waals surface area contributed by atoms with Crippen molar-refractivity contribution in [2.45, 2.75) is 25.8 Å². The zero-order chi connectivity index (χ0) is 15.2. The highest BCUT2D eigenvalue weighted by Crippen LogP contribution is 2.28. The summed E-state index contributed by atoms with van der Waals surface area (Å²) in [6, 6.07) is 9.07. The van der Waals surface area contributed by atoms with E-state index < -0.39 is 6.04 Å². The second-order valence-electron chi connectivity index (χ2n) is 5.30. The molecule has 1 heterocycles. The number of amides is 1. The molecule has 5 heteroatoms. The lowest BCUT2D eigenvalue weighted by Gasteiger charge is -2.36. The van der Waals surface area contributed by atoms with Crippen LogP contribution < -0.4 is 5.73 Å². The van der Waals surface area contributed by atoms with E-state index in [1.807, 2.05) is 35.2 Å². The van der Waals surface area contributed by atoms with Gasteiger partial charge in [0.2, 0.25) is 5.91 Å². The highest BCUT2D eigenvalue weighted by atomic mass is 16.5. The highest BCUT2D eigenvalue weighted by Gasteiger charge is 2.34. The molecule has 114 valence electrons. The van der Waals surface area contributed by atoms with Crippen molar-refractivity contribution in [3.05, 3.63) is 35.9 Å². The first-order valence-corrected chi connectivity index (χ1v) is 7.38. The fourth-order valence-corrected chi connectivity index (χ4v) is 2.83. The average Bonchev–Trinajstić information content (AvgIpc) is 2.49. The number of primary amides is 1. The number of nitrogens with two attached hydrogens (primary N) is 1. The molecule has 2 unspecified atom stereocenters. The molecule has 0 radical (unpaired) electrons. The number of hydrogen-bond donors (Lipinski definition) is 1. The third-order valence-electron chi connectivity index (χ3n) is 3.85. The van der Waals surface area contributed by atoms with E-state index in [2.05, 4.69) is 0 Å². The van der Waals surface area contributed by atoms with Crippen LogP contribution in [0.25, 0.3) is 0 Å². The van der Waals surface area contributed by atoms with Crippen LogP contribution in [0.4, 0.5) is 0 Å². The second-order valence-corrected chi connectivity index (χ2v) is 5.30. The van der Waals surface area contributed by atoms with Crippen LogP contribution in [0.3, 0.4) is 0 Å². The smallest absolute Gasteiger partial charge is 0.327 e. The van der Waals surface area contributed by atoms with E-state index in [4.69, 9.17) is 10.5 Å². The van der Waals surface area contributed by atoms with Gasteiger partial charge in [-0.1, -0.05) is 30.3 Å². The van der Waals surface area contributed by atoms with Gasteiger partial charge in [-0.3, -0.25) is 9.69 Å². The number of carbonyl (C=O) groups excluding carboxylic acids is 2. The minimum absolute atomic E-state index is 0.195. The van der Waals surface area contributed by atoms with E-state index in [-0.39, 0.29) is 17.8 Å². The van der Waals surface area contributed by atoms with Gasteiger partial charge < -0.3 is 10.5 Å². The molecule has 0 saturated carbocycles. The number of likely N-dealkylation sites (tertiary alicyclic amines) is 1. The van der Waals surface area contributed by atoms with Crippen LogP contribution in [0, 0.1) is 5.92 Å². The molecular formula is C16H22N2O3. The normalized spacial score (nSPS) is 20.7. The largest absolute Gasteiger partial charge is 0.465 e. The summed E-state index contributed by atoms with van der Waals surface area (Å²) >= 11 is 0. The molecule has 1 aliphatic heterocycles. The maximum atomic E-state index is 12.3. The molecule has 0 spiro atoms. The van der Waals surface area contributed by atoms with Crippen molar-refractivity contribution < 1.29 is 14.3 Å². The van der Waals surface area contributed by atoms with Crippen molar-refractivity contribution in [3.8, 4) is 0 Å². The van der Waals surface area contributed by atoms with Crippen molar-refractivity contribution >= 4 is 11.9 Å². The SMILES string of the molecule is CCOC(=O)C(c1ccccc1)N1CCCC(C(N)=O)C1. The lowest BCUT2D eigenvalue weighted by atomic mass is 9.94. The zero-order valence-electron chi connectivity index (χ0n) is 12.3. The first-order valence-electron chi connectivity index (χ1n) is 7.38. The van der Waals surface area contributed by atoms with E-state index in [0.29, 0.717) is 13.2 Å². The van der Waals surface area contributed by atoms with Gasteiger partial charge in [0.25, 0.3) is 0 Å². The van der Waals surface area contributed by atoms with Gasteiger partial charge in [-0.05, 0) is 31.9 Å². The molecule has 21 heavy (non-hydrogen) atoms. The van der Waals surface area contributed by atoms with Crippen LogP contribution in [0.15, 0.2) is 30.3 Å². The summed E-state index contributed by atoms with van der Waals surface area (Å²) in [6.45, 7) is 3.41. The van der Waals surface area contributed by atoms with Gasteiger partial charge in [-0.15, -0.1) is 0 Å². The molecule has 1 fully saturated rings. The Morgan fingerprint density at radius 2 is 2.10 bits per heavy atom. The molecule has 2 N–H and O–H groups in total. The summed E-state index contributed by atoms with van der Waals surface area (Å²) in [6.07, 6.45) is 1.65. The Labute approximate surface area is 125 Å². The van der Waals surface area contributed by atoms with Gasteiger partial charge in [0.05, 0.1) is 12.5 Å². The molecule has 5 nitrogen and oxygen atoms in total. The predicted molar refractivity (Wildman–Crippen MR) is 79.3 cm³/mol. The molecule has 1 aromatic rings. The highest BCUT2D eigenvalue weighted by molar-refractivity contribution is 5.79. The number of nitrogens with zero attached hydrogens (tertiary/aromatic N) is 1. The van der Waals surface area contributed by atoms with E-state index >= 15 is 0 Å². The Morgan fingerprint density at radius 1 is 1.38 bits per heavy atom. The van der Waals surface area contributed by atoms with Crippen molar-refractivity contribution in [1.29, 1.82) is 0 Å². The predicted octanol–water partition coefficient (Wildman–Crippen LogP) is 1.49. The standard InChI is InChI=1S/C16H22N2O3/c1-2-21-16(20)14(12-7-4-3-5-8-12)18-10-6-9-13(11-18)15(17)19/h3-5,7-8,13-14H,2,6,9-11H2,1H3,(H2,17,19). The Hall–Kier alpha value is -1.88. The molecule has 0 aromatic heterocycles. The molecule has 1 aliphatic rings. The minimum atomic E-state index is -0.465. The summed E-state index contributed by atoms with van der Waals surface area (Å²) in [5.74, 6) is -0.761. The zero-order valence-corrected chi connectivity index (χ0v) is 12.3. The maximum Gasteiger partial charge on any atom is 0.327 e. The molecule has 2 rings (SSSR count). The molecule has 1 amide bonds. The third-order valence-corrected chi connectivity index (χ3v) is 3.85. The van der Waals surface area contributed by atoms with Crippen LogP contribution in [0.5, 0.6) is 0 Å². The quantitative estimate of drug-likeness (QED) is 0.834. The topological polar surface area (TPSA) is 72.6 Å². The number of esters is 1. The Balaban J connectivity index is 2.22. The number of rotatable bonds is 5. The first-order chi connectivity index (χ1) is 10.1. The van der Waals surface area contributed by atoms with Gasteiger partial charge in [0.1, 0.15) is 6.04 Å². The van der Waals surface area contributed by atoms with E-state index in [1.165, 1.54) is 0 Å². The number of piperidine rings is 1. The summed E-state index contributed by atoms with van der Waals surface area (Å²) in [7, 11) is 0. The number of hydrogen-bond acceptors (Lipinski definition) is 4. The Kier molecular flexibility index (Phi) is 5.33. The summed E-state index contributed by atoms with van der Waals surface area (Å²) in [4.78, 5) is 25.8. The maximum absolute atomic E-state index is 12.3. The molecule has 2 atom stereocenters. The van der Waals surface area contributed by atoms with Crippen LogP contribution in [0.2, 0.25) is 0 Å². The van der Waals surface area contributed by atoms with Gasteiger partial charge in [-0.2, -0.15) is 0 Å². The molecule has 0 aliphatic carbocycles. The molecule has 1 aromatic carbocycles. The number of ether oxygens (including phenoxy) is 1. The van der Waals surface area contributed by atoms with Crippen molar-refractivity contribution in [2.75, 3.05) is 19.7 Å². The summed E-state index contributed by atoms with van der Waals surface area (Å²) < 4.78 is 5.21. The summed E-state index contributed by atoms with van der Waals surface area (Å²) in [5.41, 5.74) is 6.31. The molecular weight excluding hydrogens is 268 g/mol. The van der Waals surface area contributed by atoms with Crippen LogP contribution in [0.1, 0.15) is 31.4 Å². The van der Waals surface area contributed by atoms with Crippen molar-refractivity contribution in [1.82, 2.24) is 4.90 Å². The van der Waals surface area contributed by atoms with E-state index in [0.717, 1.165) is 24.9 Å². The second kappa shape index (κ2) is 7.22. The van der Waals surface area contributed by atoms with Crippen molar-refractivity contribution in [2.24, 2.45) is 11.7 Å². The fraction of sp³-hybridized carbons (Fsp3) is 0.500. The Morgan fingerprint density at radius 3 is 2.71 bits per heavy atom. The van der Waals surface area contributed by atoms with Crippen molar-refractivity contribution in [3.63, 3.8) is 0 Å². The average molecular weight is 290 g/mol. The number of carbonyl (C=O) groups is 2. The molecule has 1 saturated heterocycles. The van der Waals surface area contributed by atoms with E-state index in [9.17, 15) is 9.59 Å². The van der Waals surface area contributed by atoms with Crippen LogP contribution >= 0.6 is 0 Å². The molecule has 0 bridgehead atoms. The van der Waals surface area contributed by atoms with Gasteiger partial charge >= 0.3 is 5.97 Å². The minimum Gasteiger partial charge on any atom is -0.465 e. The van der Waals surface area contributed by atoms with Gasteiger partial charge in [0.15, 0.2) is 0 Å². The Bertz CT molecular complexity index is 490. The summed E-state index contributed by atoms with van der Waals surface area (Å²) in [5, 5.41) is 0. The monoisotopic (exact) mass is 290 g/mol. The van der Waals surface area contributed by atoms with Gasteiger partial charge in [0, 0.05) is 6.54 Å².